The highest BCUT2D eigenvalue weighted by molar-refractivity contribution is 7.92. The van der Waals surface area contributed by atoms with Gasteiger partial charge in [-0.1, -0.05) is 35.9 Å². The second-order valence-corrected chi connectivity index (χ2v) is 8.03. The summed E-state index contributed by atoms with van der Waals surface area (Å²) in [5.41, 5.74) is 0.502. The van der Waals surface area contributed by atoms with Gasteiger partial charge in [-0.2, -0.15) is 0 Å². The fraction of sp³-hybridized carbons (Fsp3) is 0.211. The largest absolute Gasteiger partial charge is 0.459 e. The predicted octanol–water partition coefficient (Wildman–Crippen LogP) is 4.29. The van der Waals surface area contributed by atoms with E-state index in [1.807, 2.05) is 0 Å². The molecule has 0 fully saturated rings. The number of para-hydroxylation sites is 1. The number of benzene rings is 2. The molecule has 0 heterocycles. The number of ether oxygens (including phenoxy) is 1. The average molecular weight is 394 g/mol. The van der Waals surface area contributed by atoms with Crippen molar-refractivity contribution in [1.82, 2.24) is 0 Å². The second-order valence-electron chi connectivity index (χ2n) is 5.76. The van der Waals surface area contributed by atoms with Crippen LogP contribution in [0.4, 0.5) is 5.69 Å². The van der Waals surface area contributed by atoms with Gasteiger partial charge in [-0.05, 0) is 44.2 Å². The lowest BCUT2D eigenvalue weighted by Crippen LogP contribution is -2.31. The first-order valence-electron chi connectivity index (χ1n) is 7.96. The van der Waals surface area contributed by atoms with Crippen LogP contribution in [-0.2, 0) is 14.8 Å². The Morgan fingerprint density at radius 1 is 1.23 bits per heavy atom. The molecule has 0 N–H and O–H groups in total. The molecule has 5 nitrogen and oxygen atoms in total. The number of halogens is 1. The van der Waals surface area contributed by atoms with Gasteiger partial charge in [0.2, 0.25) is 0 Å². The van der Waals surface area contributed by atoms with Crippen molar-refractivity contribution < 1.29 is 17.9 Å². The Hall–Kier alpha value is -2.31. The fourth-order valence-corrected chi connectivity index (χ4v) is 3.94. The number of carbonyl (C=O) groups is 1. The van der Waals surface area contributed by atoms with Gasteiger partial charge in [-0.15, -0.1) is 6.58 Å². The van der Waals surface area contributed by atoms with Crippen molar-refractivity contribution in [2.75, 3.05) is 10.8 Å². The summed E-state index contributed by atoms with van der Waals surface area (Å²) in [5.74, 6) is -0.669. The Bertz CT molecular complexity index is 895. The van der Waals surface area contributed by atoms with Crippen LogP contribution in [0.15, 0.2) is 66.1 Å². The van der Waals surface area contributed by atoms with E-state index in [9.17, 15) is 13.2 Å². The third kappa shape index (κ3) is 4.45. The van der Waals surface area contributed by atoms with Crippen molar-refractivity contribution >= 4 is 33.3 Å². The average Bonchev–Trinajstić information content (AvgIpc) is 2.59. The van der Waals surface area contributed by atoms with Crippen LogP contribution in [0.5, 0.6) is 0 Å². The van der Waals surface area contributed by atoms with Crippen LogP contribution in [-0.4, -0.2) is 27.0 Å². The lowest BCUT2D eigenvalue weighted by atomic mass is 10.2. The van der Waals surface area contributed by atoms with E-state index >= 15 is 0 Å². The van der Waals surface area contributed by atoms with Gasteiger partial charge in [0.1, 0.15) is 0 Å². The number of nitrogens with zero attached hydrogens (tertiary/aromatic N) is 1. The van der Waals surface area contributed by atoms with Gasteiger partial charge in [-0.3, -0.25) is 4.31 Å². The fourth-order valence-electron chi connectivity index (χ4n) is 2.28. The highest BCUT2D eigenvalue weighted by atomic mass is 35.5. The zero-order valence-corrected chi connectivity index (χ0v) is 16.1. The lowest BCUT2D eigenvalue weighted by molar-refractivity contribution is 0.0378. The van der Waals surface area contributed by atoms with E-state index in [-0.39, 0.29) is 28.1 Å². The molecule has 0 aliphatic heterocycles. The van der Waals surface area contributed by atoms with Crippen LogP contribution in [0.2, 0.25) is 5.02 Å². The summed E-state index contributed by atoms with van der Waals surface area (Å²) in [6.07, 6.45) is 1.15. The van der Waals surface area contributed by atoms with Crippen LogP contribution in [0, 0.1) is 0 Å². The van der Waals surface area contributed by atoms with Gasteiger partial charge in [0.25, 0.3) is 10.0 Å². The molecule has 138 valence electrons. The number of anilines is 1. The molecule has 2 aromatic carbocycles. The monoisotopic (exact) mass is 393 g/mol. The highest BCUT2D eigenvalue weighted by Crippen LogP contribution is 2.27. The summed E-state index contributed by atoms with van der Waals surface area (Å²) in [6.45, 7) is 7.11. The molecule has 0 saturated carbocycles. The van der Waals surface area contributed by atoms with Crippen LogP contribution in [0.25, 0.3) is 0 Å². The van der Waals surface area contributed by atoms with Crippen LogP contribution >= 0.6 is 11.6 Å². The van der Waals surface area contributed by atoms with E-state index in [0.717, 1.165) is 0 Å². The first-order chi connectivity index (χ1) is 12.3. The highest BCUT2D eigenvalue weighted by Gasteiger charge is 2.26. The topological polar surface area (TPSA) is 63.7 Å². The van der Waals surface area contributed by atoms with Crippen molar-refractivity contribution in [1.29, 1.82) is 0 Å². The maximum absolute atomic E-state index is 13.1. The van der Waals surface area contributed by atoms with Crippen molar-refractivity contribution in [3.8, 4) is 0 Å². The molecule has 0 atom stereocenters. The maximum Gasteiger partial charge on any atom is 0.339 e. The zero-order chi connectivity index (χ0) is 19.3. The number of sulfonamides is 1. The molecule has 0 unspecified atom stereocenters. The normalized spacial score (nSPS) is 11.2. The summed E-state index contributed by atoms with van der Waals surface area (Å²) >= 11 is 6.06. The van der Waals surface area contributed by atoms with Gasteiger partial charge >= 0.3 is 5.97 Å². The Kier molecular flexibility index (Phi) is 6.45. The van der Waals surface area contributed by atoms with E-state index in [1.165, 1.54) is 28.6 Å². The molecule has 0 amide bonds. The molecule has 0 spiro atoms. The van der Waals surface area contributed by atoms with Gasteiger partial charge < -0.3 is 4.74 Å². The smallest absolute Gasteiger partial charge is 0.339 e. The molecule has 0 bridgehead atoms. The molecule has 0 aliphatic carbocycles. The molecule has 2 rings (SSSR count). The van der Waals surface area contributed by atoms with Crippen LogP contribution in [0.1, 0.15) is 24.2 Å². The van der Waals surface area contributed by atoms with E-state index in [0.29, 0.717) is 5.69 Å². The van der Waals surface area contributed by atoms with Crippen molar-refractivity contribution in [3.63, 3.8) is 0 Å². The summed E-state index contributed by atoms with van der Waals surface area (Å²) in [5, 5.41) is 0.129. The summed E-state index contributed by atoms with van der Waals surface area (Å²) in [6, 6.07) is 12.6. The summed E-state index contributed by atoms with van der Waals surface area (Å²) in [7, 11) is -3.92. The Balaban J connectivity index is 2.50. The van der Waals surface area contributed by atoms with Gasteiger partial charge in [0.15, 0.2) is 0 Å². The quantitative estimate of drug-likeness (QED) is 0.520. The molecule has 0 aromatic heterocycles. The first kappa shape index (κ1) is 20.0. The number of esters is 1. The predicted molar refractivity (Wildman–Crippen MR) is 103 cm³/mol. The van der Waals surface area contributed by atoms with Crippen LogP contribution in [0.3, 0.4) is 0 Å². The molecule has 7 heteroatoms. The lowest BCUT2D eigenvalue weighted by Gasteiger charge is -2.23. The molecule has 0 saturated heterocycles. The van der Waals surface area contributed by atoms with E-state index in [1.54, 1.807) is 44.2 Å². The van der Waals surface area contributed by atoms with Crippen molar-refractivity contribution in [3.05, 3.63) is 71.8 Å². The minimum absolute atomic E-state index is 0.00746. The summed E-state index contributed by atoms with van der Waals surface area (Å²) < 4.78 is 32.6. The van der Waals surface area contributed by atoms with Gasteiger partial charge in [-0.25, -0.2) is 13.2 Å². The van der Waals surface area contributed by atoms with Crippen molar-refractivity contribution in [2.24, 2.45) is 0 Å². The third-order valence-corrected chi connectivity index (χ3v) is 5.55. The summed E-state index contributed by atoms with van der Waals surface area (Å²) in [4.78, 5) is 12.1. The maximum atomic E-state index is 13.1. The van der Waals surface area contributed by atoms with E-state index < -0.39 is 16.0 Å². The SMILES string of the molecule is C=CCN(c1ccccc1)S(=O)(=O)c1ccc(Cl)c(C(=O)OC(C)C)c1. The number of hydrogen-bond donors (Lipinski definition) is 0. The molecular formula is C19H20ClNO4S. The minimum Gasteiger partial charge on any atom is -0.459 e. The molecule has 26 heavy (non-hydrogen) atoms. The van der Waals surface area contributed by atoms with Crippen LogP contribution < -0.4 is 4.31 Å². The molecular weight excluding hydrogens is 374 g/mol. The zero-order valence-electron chi connectivity index (χ0n) is 14.6. The minimum atomic E-state index is -3.92. The molecule has 0 aliphatic rings. The van der Waals surface area contributed by atoms with Crippen molar-refractivity contribution in [2.45, 2.75) is 24.8 Å². The standard InChI is InChI=1S/C19H20ClNO4S/c1-4-12-21(15-8-6-5-7-9-15)26(23,24)16-10-11-18(20)17(13-16)19(22)25-14(2)3/h4-11,13-14H,1,12H2,2-3H3. The Morgan fingerprint density at radius 2 is 1.88 bits per heavy atom. The second kappa shape index (κ2) is 8.38. The number of hydrogen-bond acceptors (Lipinski definition) is 4. The molecule has 2 aromatic rings. The number of carbonyl (C=O) groups excluding carboxylic acids is 1. The third-order valence-electron chi connectivity index (χ3n) is 3.43. The first-order valence-corrected chi connectivity index (χ1v) is 9.78. The van der Waals surface area contributed by atoms with E-state index in [4.69, 9.17) is 16.3 Å². The Morgan fingerprint density at radius 3 is 2.46 bits per heavy atom. The van der Waals surface area contributed by atoms with Gasteiger partial charge in [0, 0.05) is 0 Å². The van der Waals surface area contributed by atoms with E-state index in [2.05, 4.69) is 6.58 Å². The number of rotatable bonds is 7. The van der Waals surface area contributed by atoms with Gasteiger partial charge in [0.05, 0.1) is 33.8 Å². The molecule has 0 radical (unpaired) electrons. The Labute approximate surface area is 158 Å².